The van der Waals surface area contributed by atoms with E-state index in [0.29, 0.717) is 10.2 Å². The number of hydrogen-bond acceptors (Lipinski definition) is 4. The standard InChI is InChI=1S/C8H10BrN3O2/c9-5-1-4(8(13)14)3-12-7(5)6(11)2-10/h1,3,6H,2,10-11H2,(H,13,14)/t6-/m1/s1. The quantitative estimate of drug-likeness (QED) is 0.734. The number of carboxylic acid groups (broad SMARTS) is 1. The molecular formula is C8H10BrN3O2. The summed E-state index contributed by atoms with van der Waals surface area (Å²) in [5, 5.41) is 8.68. The van der Waals surface area contributed by atoms with Crippen LogP contribution in [0.25, 0.3) is 0 Å². The zero-order valence-electron chi connectivity index (χ0n) is 7.27. The molecule has 0 aromatic carbocycles. The van der Waals surface area contributed by atoms with Gasteiger partial charge < -0.3 is 16.6 Å². The van der Waals surface area contributed by atoms with Gasteiger partial charge in [-0.05, 0) is 22.0 Å². The molecule has 1 atom stereocenters. The van der Waals surface area contributed by atoms with Crippen molar-refractivity contribution in [1.82, 2.24) is 4.98 Å². The first kappa shape index (κ1) is 11.1. The number of carboxylic acids is 1. The van der Waals surface area contributed by atoms with Crippen molar-refractivity contribution < 1.29 is 9.90 Å². The van der Waals surface area contributed by atoms with Gasteiger partial charge in [-0.3, -0.25) is 4.98 Å². The number of hydrogen-bond donors (Lipinski definition) is 3. The highest BCUT2D eigenvalue weighted by Gasteiger charge is 2.12. The molecule has 0 aliphatic rings. The van der Waals surface area contributed by atoms with E-state index in [0.717, 1.165) is 0 Å². The molecule has 0 amide bonds. The van der Waals surface area contributed by atoms with Gasteiger partial charge in [0.1, 0.15) is 0 Å². The Labute approximate surface area is 89.2 Å². The van der Waals surface area contributed by atoms with E-state index in [1.54, 1.807) is 0 Å². The van der Waals surface area contributed by atoms with Gasteiger partial charge >= 0.3 is 5.97 Å². The average molecular weight is 260 g/mol. The van der Waals surface area contributed by atoms with Gasteiger partial charge in [0.05, 0.1) is 17.3 Å². The predicted octanol–water partition coefficient (Wildman–Crippen LogP) is 0.501. The average Bonchev–Trinajstić information content (AvgIpc) is 2.16. The van der Waals surface area contributed by atoms with E-state index in [1.165, 1.54) is 12.3 Å². The first-order valence-electron chi connectivity index (χ1n) is 3.90. The van der Waals surface area contributed by atoms with Gasteiger partial charge in [0.15, 0.2) is 0 Å². The highest BCUT2D eigenvalue weighted by molar-refractivity contribution is 9.10. The topological polar surface area (TPSA) is 102 Å². The lowest BCUT2D eigenvalue weighted by Crippen LogP contribution is -2.22. The van der Waals surface area contributed by atoms with E-state index in [2.05, 4.69) is 20.9 Å². The summed E-state index contributed by atoms with van der Waals surface area (Å²) in [4.78, 5) is 14.5. The SMILES string of the molecule is NC[C@@H](N)c1ncc(C(=O)O)cc1Br. The largest absolute Gasteiger partial charge is 0.478 e. The number of carbonyl (C=O) groups is 1. The minimum Gasteiger partial charge on any atom is -0.478 e. The maximum absolute atomic E-state index is 10.6. The van der Waals surface area contributed by atoms with Crippen LogP contribution in [0, 0.1) is 0 Å². The molecule has 0 radical (unpaired) electrons. The molecule has 1 heterocycles. The highest BCUT2D eigenvalue weighted by Crippen LogP contribution is 2.20. The molecule has 6 heteroatoms. The van der Waals surface area contributed by atoms with Crippen LogP contribution in [-0.4, -0.2) is 22.6 Å². The van der Waals surface area contributed by atoms with Crippen molar-refractivity contribution in [3.05, 3.63) is 28.0 Å². The van der Waals surface area contributed by atoms with Crippen LogP contribution in [0.15, 0.2) is 16.7 Å². The Morgan fingerprint density at radius 3 is 2.79 bits per heavy atom. The van der Waals surface area contributed by atoms with E-state index < -0.39 is 5.97 Å². The van der Waals surface area contributed by atoms with Crippen molar-refractivity contribution in [2.45, 2.75) is 6.04 Å². The Bertz CT molecular complexity index is 356. The molecule has 76 valence electrons. The molecule has 0 saturated heterocycles. The Morgan fingerprint density at radius 1 is 1.71 bits per heavy atom. The number of nitrogens with two attached hydrogens (primary N) is 2. The summed E-state index contributed by atoms with van der Waals surface area (Å²) in [6.45, 7) is 0.262. The van der Waals surface area contributed by atoms with Crippen molar-refractivity contribution >= 4 is 21.9 Å². The van der Waals surface area contributed by atoms with Crippen LogP contribution in [0.3, 0.4) is 0 Å². The summed E-state index contributed by atoms with van der Waals surface area (Å²) >= 11 is 3.20. The van der Waals surface area contributed by atoms with Gasteiger partial charge in [-0.2, -0.15) is 0 Å². The minimum atomic E-state index is -1.02. The monoisotopic (exact) mass is 259 g/mol. The Balaban J connectivity index is 3.07. The summed E-state index contributed by atoms with van der Waals surface area (Å²) in [5.74, 6) is -1.02. The van der Waals surface area contributed by atoms with Crippen molar-refractivity contribution in [2.75, 3.05) is 6.54 Å². The van der Waals surface area contributed by atoms with Gasteiger partial charge in [0.2, 0.25) is 0 Å². The van der Waals surface area contributed by atoms with Crippen LogP contribution in [0.5, 0.6) is 0 Å². The molecular weight excluding hydrogens is 250 g/mol. The van der Waals surface area contributed by atoms with E-state index in [4.69, 9.17) is 16.6 Å². The summed E-state index contributed by atoms with van der Waals surface area (Å²) < 4.78 is 0.565. The first-order chi connectivity index (χ1) is 6.56. The number of halogens is 1. The van der Waals surface area contributed by atoms with Crippen molar-refractivity contribution in [3.63, 3.8) is 0 Å². The summed E-state index contributed by atoms with van der Waals surface area (Å²) in [6.07, 6.45) is 1.26. The summed E-state index contributed by atoms with van der Waals surface area (Å²) in [6, 6.07) is 1.08. The second-order valence-electron chi connectivity index (χ2n) is 2.74. The number of nitrogens with zero attached hydrogens (tertiary/aromatic N) is 1. The Hall–Kier alpha value is -0.980. The fraction of sp³-hybridized carbons (Fsp3) is 0.250. The smallest absolute Gasteiger partial charge is 0.337 e. The molecule has 5 N–H and O–H groups in total. The molecule has 0 bridgehead atoms. The lowest BCUT2D eigenvalue weighted by molar-refractivity contribution is 0.0696. The van der Waals surface area contributed by atoms with Gasteiger partial charge in [0, 0.05) is 17.2 Å². The molecule has 0 spiro atoms. The van der Waals surface area contributed by atoms with Crippen LogP contribution in [0.4, 0.5) is 0 Å². The molecule has 0 saturated carbocycles. The predicted molar refractivity (Wildman–Crippen MR) is 54.9 cm³/mol. The molecule has 0 aliphatic carbocycles. The maximum Gasteiger partial charge on any atom is 0.337 e. The third-order valence-electron chi connectivity index (χ3n) is 1.72. The zero-order valence-corrected chi connectivity index (χ0v) is 8.86. The third kappa shape index (κ3) is 2.28. The fourth-order valence-corrected chi connectivity index (χ4v) is 1.59. The van der Waals surface area contributed by atoms with Crippen LogP contribution < -0.4 is 11.5 Å². The number of pyridine rings is 1. The van der Waals surface area contributed by atoms with E-state index >= 15 is 0 Å². The lowest BCUT2D eigenvalue weighted by Gasteiger charge is -2.10. The van der Waals surface area contributed by atoms with Crippen molar-refractivity contribution in [3.8, 4) is 0 Å². The summed E-state index contributed by atoms with van der Waals surface area (Å²) in [7, 11) is 0. The van der Waals surface area contributed by atoms with Gasteiger partial charge in [-0.1, -0.05) is 0 Å². The Morgan fingerprint density at radius 2 is 2.36 bits per heavy atom. The van der Waals surface area contributed by atoms with E-state index in [1.807, 2.05) is 0 Å². The first-order valence-corrected chi connectivity index (χ1v) is 4.70. The van der Waals surface area contributed by atoms with Gasteiger partial charge in [-0.15, -0.1) is 0 Å². The maximum atomic E-state index is 10.6. The molecule has 1 aromatic rings. The second kappa shape index (κ2) is 4.50. The fourth-order valence-electron chi connectivity index (χ4n) is 0.950. The number of aromatic nitrogens is 1. The third-order valence-corrected chi connectivity index (χ3v) is 2.36. The number of rotatable bonds is 3. The van der Waals surface area contributed by atoms with Crippen molar-refractivity contribution in [2.24, 2.45) is 11.5 Å². The summed E-state index contributed by atoms with van der Waals surface area (Å²) in [5.41, 5.74) is 11.7. The molecule has 14 heavy (non-hydrogen) atoms. The van der Waals surface area contributed by atoms with E-state index in [-0.39, 0.29) is 18.2 Å². The van der Waals surface area contributed by atoms with Crippen LogP contribution in [0.1, 0.15) is 22.1 Å². The molecule has 5 nitrogen and oxygen atoms in total. The minimum absolute atomic E-state index is 0.116. The van der Waals surface area contributed by atoms with Crippen molar-refractivity contribution in [1.29, 1.82) is 0 Å². The molecule has 1 aromatic heterocycles. The van der Waals surface area contributed by atoms with E-state index in [9.17, 15) is 4.79 Å². The van der Waals surface area contributed by atoms with Gasteiger partial charge in [-0.25, -0.2) is 4.79 Å². The molecule has 0 aliphatic heterocycles. The van der Waals surface area contributed by atoms with Crippen LogP contribution >= 0.6 is 15.9 Å². The van der Waals surface area contributed by atoms with Crippen LogP contribution in [0.2, 0.25) is 0 Å². The van der Waals surface area contributed by atoms with Gasteiger partial charge in [0.25, 0.3) is 0 Å². The Kier molecular flexibility index (Phi) is 3.56. The molecule has 0 unspecified atom stereocenters. The normalized spacial score (nSPS) is 12.5. The molecule has 0 fully saturated rings. The van der Waals surface area contributed by atoms with Crippen LogP contribution in [-0.2, 0) is 0 Å². The zero-order chi connectivity index (χ0) is 10.7. The highest BCUT2D eigenvalue weighted by atomic mass is 79.9. The second-order valence-corrected chi connectivity index (χ2v) is 3.59. The lowest BCUT2D eigenvalue weighted by atomic mass is 10.2. The number of aromatic carboxylic acids is 1. The molecule has 1 rings (SSSR count).